The lowest BCUT2D eigenvalue weighted by Gasteiger charge is -2.34. The van der Waals surface area contributed by atoms with E-state index in [0.29, 0.717) is 6.54 Å². The molecule has 0 aliphatic heterocycles. The van der Waals surface area contributed by atoms with Gasteiger partial charge >= 0.3 is 0 Å². The second-order valence-corrected chi connectivity index (χ2v) is 5.91. The Morgan fingerprint density at radius 2 is 2.24 bits per heavy atom. The number of carbonyl (C=O) groups is 1. The molecule has 1 heterocycles. The van der Waals surface area contributed by atoms with Gasteiger partial charge in [-0.05, 0) is 38.9 Å². The SMILES string of the molecule is C[C@@H](C(=O)NC1(C#N)CCCCC1)N(C)Cc1ccco1. The van der Waals surface area contributed by atoms with Crippen LogP contribution in [0, 0.1) is 11.3 Å². The van der Waals surface area contributed by atoms with Gasteiger partial charge in [-0.2, -0.15) is 5.26 Å². The minimum absolute atomic E-state index is 0.0903. The van der Waals surface area contributed by atoms with Gasteiger partial charge < -0.3 is 9.73 Å². The Hall–Kier alpha value is -1.80. The van der Waals surface area contributed by atoms with Crippen molar-refractivity contribution < 1.29 is 9.21 Å². The molecular weight excluding hydrogens is 266 g/mol. The average Bonchev–Trinajstić information content (AvgIpc) is 3.00. The lowest BCUT2D eigenvalue weighted by molar-refractivity contribution is -0.127. The molecule has 5 heteroatoms. The molecule has 0 aromatic carbocycles. The lowest BCUT2D eigenvalue weighted by atomic mass is 9.82. The summed E-state index contributed by atoms with van der Waals surface area (Å²) in [6.45, 7) is 2.42. The number of carbonyl (C=O) groups excluding carboxylic acids is 1. The van der Waals surface area contributed by atoms with Crippen molar-refractivity contribution in [1.82, 2.24) is 10.2 Å². The Morgan fingerprint density at radius 1 is 1.52 bits per heavy atom. The highest BCUT2D eigenvalue weighted by atomic mass is 16.3. The number of nitriles is 1. The standard InChI is InChI=1S/C16H23N3O2/c1-13(19(2)11-14-7-6-10-21-14)15(20)18-16(12-17)8-4-3-5-9-16/h6-7,10,13H,3-5,8-9,11H2,1-2H3,(H,18,20)/t13-/m0/s1. The highest BCUT2D eigenvalue weighted by Crippen LogP contribution is 2.27. The first-order chi connectivity index (χ1) is 10.1. The van der Waals surface area contributed by atoms with E-state index in [9.17, 15) is 10.1 Å². The van der Waals surface area contributed by atoms with Crippen LogP contribution in [-0.4, -0.2) is 29.4 Å². The van der Waals surface area contributed by atoms with E-state index in [2.05, 4.69) is 11.4 Å². The van der Waals surface area contributed by atoms with Crippen LogP contribution in [0.2, 0.25) is 0 Å². The van der Waals surface area contributed by atoms with E-state index < -0.39 is 5.54 Å². The molecule has 21 heavy (non-hydrogen) atoms. The van der Waals surface area contributed by atoms with Gasteiger partial charge in [0.25, 0.3) is 0 Å². The summed E-state index contributed by atoms with van der Waals surface area (Å²) in [6, 6.07) is 5.74. The smallest absolute Gasteiger partial charge is 0.238 e. The van der Waals surface area contributed by atoms with Crippen LogP contribution in [0.1, 0.15) is 44.8 Å². The Labute approximate surface area is 125 Å². The van der Waals surface area contributed by atoms with Crippen LogP contribution >= 0.6 is 0 Å². The van der Waals surface area contributed by atoms with Crippen LogP contribution < -0.4 is 5.32 Å². The monoisotopic (exact) mass is 289 g/mol. The van der Waals surface area contributed by atoms with Crippen molar-refractivity contribution in [1.29, 1.82) is 5.26 Å². The summed E-state index contributed by atoms with van der Waals surface area (Å²) >= 11 is 0. The fourth-order valence-electron chi connectivity index (χ4n) is 2.75. The van der Waals surface area contributed by atoms with Crippen molar-refractivity contribution in [3.63, 3.8) is 0 Å². The summed E-state index contributed by atoms with van der Waals surface area (Å²) in [5, 5.41) is 12.4. The third-order valence-electron chi connectivity index (χ3n) is 4.31. The highest BCUT2D eigenvalue weighted by molar-refractivity contribution is 5.82. The Bertz CT molecular complexity index is 498. The summed E-state index contributed by atoms with van der Waals surface area (Å²) in [4.78, 5) is 14.3. The molecule has 1 aromatic rings. The van der Waals surface area contributed by atoms with Gasteiger partial charge in [0.15, 0.2) is 0 Å². The quantitative estimate of drug-likeness (QED) is 0.904. The molecule has 1 amide bonds. The minimum Gasteiger partial charge on any atom is -0.468 e. The molecule has 114 valence electrons. The molecule has 0 unspecified atom stereocenters. The van der Waals surface area contributed by atoms with Gasteiger partial charge in [-0.15, -0.1) is 0 Å². The molecule has 1 saturated carbocycles. The van der Waals surface area contributed by atoms with Gasteiger partial charge in [0, 0.05) is 0 Å². The first-order valence-electron chi connectivity index (χ1n) is 7.52. The number of rotatable bonds is 5. The van der Waals surface area contributed by atoms with Crippen LogP contribution in [-0.2, 0) is 11.3 Å². The third-order valence-corrected chi connectivity index (χ3v) is 4.31. The number of furan rings is 1. The fraction of sp³-hybridized carbons (Fsp3) is 0.625. The van der Waals surface area contributed by atoms with Gasteiger partial charge in [0.1, 0.15) is 11.3 Å². The maximum absolute atomic E-state index is 12.4. The number of nitrogens with one attached hydrogen (secondary N) is 1. The van der Waals surface area contributed by atoms with Gasteiger partial charge in [-0.25, -0.2) is 0 Å². The first kappa shape index (κ1) is 15.6. The van der Waals surface area contributed by atoms with Gasteiger partial charge in [0.05, 0.1) is 24.9 Å². The second-order valence-electron chi connectivity index (χ2n) is 5.91. The summed E-state index contributed by atoms with van der Waals surface area (Å²) in [5.74, 6) is 0.734. The van der Waals surface area contributed by atoms with Gasteiger partial charge in [0.2, 0.25) is 5.91 Å². The van der Waals surface area contributed by atoms with Crippen molar-refractivity contribution >= 4 is 5.91 Å². The van der Waals surface area contributed by atoms with Crippen LogP contribution in [0.3, 0.4) is 0 Å². The predicted octanol–water partition coefficient (Wildman–Crippen LogP) is 2.44. The zero-order chi connectivity index (χ0) is 15.3. The number of hydrogen-bond acceptors (Lipinski definition) is 4. The predicted molar refractivity (Wildman–Crippen MR) is 79.2 cm³/mol. The number of hydrogen-bond donors (Lipinski definition) is 1. The zero-order valence-electron chi connectivity index (χ0n) is 12.8. The van der Waals surface area contributed by atoms with E-state index in [1.165, 1.54) is 0 Å². The maximum atomic E-state index is 12.4. The molecule has 5 nitrogen and oxygen atoms in total. The highest BCUT2D eigenvalue weighted by Gasteiger charge is 2.35. The maximum Gasteiger partial charge on any atom is 0.238 e. The molecule has 1 aliphatic rings. The molecule has 1 atom stereocenters. The third kappa shape index (κ3) is 3.85. The summed E-state index contributed by atoms with van der Waals surface area (Å²) in [5.41, 5.74) is -0.672. The second kappa shape index (κ2) is 6.77. The molecule has 0 saturated heterocycles. The van der Waals surface area contributed by atoms with Gasteiger partial charge in [-0.3, -0.25) is 9.69 Å². The molecular formula is C16H23N3O2. The van der Waals surface area contributed by atoms with Crippen LogP contribution in [0.5, 0.6) is 0 Å². The van der Waals surface area contributed by atoms with Crippen molar-refractivity contribution in [2.75, 3.05) is 7.05 Å². The molecule has 0 radical (unpaired) electrons. The zero-order valence-corrected chi connectivity index (χ0v) is 12.8. The molecule has 2 rings (SSSR count). The average molecular weight is 289 g/mol. The van der Waals surface area contributed by atoms with Crippen LogP contribution in [0.25, 0.3) is 0 Å². The fourth-order valence-corrected chi connectivity index (χ4v) is 2.75. The molecule has 1 aromatic heterocycles. The number of amides is 1. The molecule has 0 spiro atoms. The Morgan fingerprint density at radius 3 is 2.81 bits per heavy atom. The lowest BCUT2D eigenvalue weighted by Crippen LogP contribution is -2.54. The molecule has 0 bridgehead atoms. The summed E-state index contributed by atoms with van der Waals surface area (Å²) in [6.07, 6.45) is 6.29. The number of nitrogens with zero attached hydrogens (tertiary/aromatic N) is 2. The Balaban J connectivity index is 1.93. The van der Waals surface area contributed by atoms with Crippen LogP contribution in [0.4, 0.5) is 0 Å². The summed E-state index contributed by atoms with van der Waals surface area (Å²) in [7, 11) is 1.88. The molecule has 1 aliphatic carbocycles. The van der Waals surface area contributed by atoms with Crippen molar-refractivity contribution in [3.8, 4) is 6.07 Å². The van der Waals surface area contributed by atoms with Crippen molar-refractivity contribution in [2.24, 2.45) is 0 Å². The van der Waals surface area contributed by atoms with E-state index in [0.717, 1.165) is 37.9 Å². The van der Waals surface area contributed by atoms with E-state index in [4.69, 9.17) is 4.42 Å². The van der Waals surface area contributed by atoms with E-state index in [1.54, 1.807) is 6.26 Å². The van der Waals surface area contributed by atoms with E-state index >= 15 is 0 Å². The molecule has 1 fully saturated rings. The first-order valence-corrected chi connectivity index (χ1v) is 7.52. The van der Waals surface area contributed by atoms with Gasteiger partial charge in [-0.1, -0.05) is 19.3 Å². The van der Waals surface area contributed by atoms with E-state index in [-0.39, 0.29) is 11.9 Å². The Kier molecular flexibility index (Phi) is 5.03. The summed E-state index contributed by atoms with van der Waals surface area (Å²) < 4.78 is 5.30. The molecule has 1 N–H and O–H groups in total. The topological polar surface area (TPSA) is 69.3 Å². The minimum atomic E-state index is -0.672. The normalized spacial score (nSPS) is 19.0. The number of likely N-dealkylation sites (N-methyl/N-ethyl adjacent to an activating group) is 1. The van der Waals surface area contributed by atoms with Crippen molar-refractivity contribution in [3.05, 3.63) is 24.2 Å². The van der Waals surface area contributed by atoms with Crippen LogP contribution in [0.15, 0.2) is 22.8 Å². The largest absolute Gasteiger partial charge is 0.468 e. The van der Waals surface area contributed by atoms with E-state index in [1.807, 2.05) is 31.0 Å². The van der Waals surface area contributed by atoms with Crippen molar-refractivity contribution in [2.45, 2.75) is 57.2 Å².